The number of nitrogens with zero attached hydrogens (tertiary/aromatic N) is 1. The summed E-state index contributed by atoms with van der Waals surface area (Å²) in [6, 6.07) is 0. The summed E-state index contributed by atoms with van der Waals surface area (Å²) in [5.74, 6) is 0. The number of ether oxygens (including phenoxy) is 2. The third-order valence-corrected chi connectivity index (χ3v) is 7.82. The van der Waals surface area contributed by atoms with Crippen LogP contribution in [0.3, 0.4) is 0 Å². The maximum Gasteiger partial charge on any atom is 0.273 e. The van der Waals surface area contributed by atoms with Gasteiger partial charge in [-0.3, -0.25) is 4.57 Å². The number of hydrogen-bond acceptors (Lipinski definition) is 8. The standard InChI is InChI=1S/C26H49BrNO6PS/c1-2-3-4-5-6-7-8-9-10-11-12-13-14-15-16-17-20-31-23-25(34-26-28-19-22-36-26)24-33-35(29,30)32-21-18-27/h19,22,25H,2-18,20-21,23-24H2,1H3,(H,29,30)/p-1. The van der Waals surface area contributed by atoms with Gasteiger partial charge in [0.25, 0.3) is 13.0 Å². The second-order valence-electron chi connectivity index (χ2n) is 9.18. The normalized spacial score (nSPS) is 14.1. The Balaban J connectivity index is 2.00. The SMILES string of the molecule is CCCCCCCCCCCCCCCCCCOCC(COP(=O)([O-])OCCBr)Oc1nccs1. The van der Waals surface area contributed by atoms with Crippen LogP contribution in [-0.4, -0.2) is 42.8 Å². The lowest BCUT2D eigenvalue weighted by Gasteiger charge is -2.25. The molecule has 0 saturated heterocycles. The third-order valence-electron chi connectivity index (χ3n) is 5.87. The van der Waals surface area contributed by atoms with E-state index in [4.69, 9.17) is 18.5 Å². The number of alkyl halides is 1. The number of aromatic nitrogens is 1. The van der Waals surface area contributed by atoms with Crippen molar-refractivity contribution in [2.24, 2.45) is 0 Å². The van der Waals surface area contributed by atoms with E-state index in [0.29, 0.717) is 17.1 Å². The summed E-state index contributed by atoms with van der Waals surface area (Å²) in [4.78, 5) is 15.9. The van der Waals surface area contributed by atoms with Crippen molar-refractivity contribution in [1.29, 1.82) is 0 Å². The lowest BCUT2D eigenvalue weighted by atomic mass is 10.0. The number of thiazole rings is 1. The molecule has 10 heteroatoms. The zero-order chi connectivity index (χ0) is 26.2. The quantitative estimate of drug-likeness (QED) is 0.0563. The summed E-state index contributed by atoms with van der Waals surface area (Å²) in [6.07, 6.45) is 22.4. The van der Waals surface area contributed by atoms with E-state index in [1.165, 1.54) is 101 Å². The number of halogens is 1. The van der Waals surface area contributed by atoms with Crippen LogP contribution in [0.2, 0.25) is 0 Å². The Hall–Kier alpha value is -0.0200. The molecule has 0 aromatic carbocycles. The second kappa shape index (κ2) is 24.1. The Morgan fingerprint density at radius 3 is 1.92 bits per heavy atom. The molecule has 7 nitrogen and oxygen atoms in total. The van der Waals surface area contributed by atoms with E-state index in [1.54, 1.807) is 11.6 Å². The molecule has 1 rings (SSSR count). The van der Waals surface area contributed by atoms with E-state index >= 15 is 0 Å². The minimum atomic E-state index is -4.36. The van der Waals surface area contributed by atoms with Crippen LogP contribution < -0.4 is 9.63 Å². The predicted octanol–water partition coefficient (Wildman–Crippen LogP) is 8.07. The van der Waals surface area contributed by atoms with Crippen molar-refractivity contribution in [2.45, 2.75) is 116 Å². The molecule has 0 amide bonds. The van der Waals surface area contributed by atoms with Crippen LogP contribution in [0, 0.1) is 0 Å². The summed E-state index contributed by atoms with van der Waals surface area (Å²) in [6.45, 7) is 2.97. The fraction of sp³-hybridized carbons (Fsp3) is 0.885. The molecule has 1 aromatic heterocycles. The summed E-state index contributed by atoms with van der Waals surface area (Å²) >= 11 is 4.46. The molecule has 2 atom stereocenters. The summed E-state index contributed by atoms with van der Waals surface area (Å²) in [5.41, 5.74) is 0. The van der Waals surface area contributed by atoms with Crippen molar-refractivity contribution >= 4 is 35.1 Å². The molecule has 0 bridgehead atoms. The minimum Gasteiger partial charge on any atom is -0.756 e. The number of phosphoric ester groups is 1. The number of phosphoric acid groups is 1. The van der Waals surface area contributed by atoms with Crippen LogP contribution in [0.15, 0.2) is 11.6 Å². The van der Waals surface area contributed by atoms with Crippen LogP contribution in [0.1, 0.15) is 110 Å². The van der Waals surface area contributed by atoms with Crippen LogP contribution >= 0.6 is 35.1 Å². The van der Waals surface area contributed by atoms with Crippen molar-refractivity contribution in [2.75, 3.05) is 31.8 Å². The summed E-state index contributed by atoms with van der Waals surface area (Å²) in [5, 5.41) is 2.66. The predicted molar refractivity (Wildman–Crippen MR) is 150 cm³/mol. The van der Waals surface area contributed by atoms with Crippen LogP contribution in [0.4, 0.5) is 0 Å². The van der Waals surface area contributed by atoms with Gasteiger partial charge in [-0.25, -0.2) is 4.98 Å². The first-order chi connectivity index (χ1) is 17.6. The Bertz CT molecular complexity index is 640. The van der Waals surface area contributed by atoms with Gasteiger partial charge in [-0.2, -0.15) is 0 Å². The van der Waals surface area contributed by atoms with Gasteiger partial charge in [0.1, 0.15) is 6.10 Å². The highest BCUT2D eigenvalue weighted by atomic mass is 79.9. The molecule has 0 spiro atoms. The molecule has 1 heterocycles. The Labute approximate surface area is 231 Å². The Morgan fingerprint density at radius 1 is 0.861 bits per heavy atom. The van der Waals surface area contributed by atoms with Gasteiger partial charge in [-0.05, 0) is 6.42 Å². The summed E-state index contributed by atoms with van der Waals surface area (Å²) in [7, 11) is -4.36. The largest absolute Gasteiger partial charge is 0.756 e. The van der Waals surface area contributed by atoms with Gasteiger partial charge in [0.2, 0.25) is 0 Å². The smallest absolute Gasteiger partial charge is 0.273 e. The summed E-state index contributed by atoms with van der Waals surface area (Å²) < 4.78 is 32.9. The van der Waals surface area contributed by atoms with Gasteiger partial charge in [-0.1, -0.05) is 131 Å². The first kappa shape index (κ1) is 34.0. The Kier molecular flexibility index (Phi) is 22.7. The maximum atomic E-state index is 11.8. The van der Waals surface area contributed by atoms with Crippen molar-refractivity contribution in [3.8, 4) is 5.19 Å². The average molecular weight is 614 g/mol. The fourth-order valence-corrected chi connectivity index (χ4v) is 5.55. The first-order valence-corrected chi connectivity index (χ1v) is 17.3. The monoisotopic (exact) mass is 612 g/mol. The first-order valence-electron chi connectivity index (χ1n) is 13.9. The second-order valence-corrected chi connectivity index (χ2v) is 12.2. The van der Waals surface area contributed by atoms with E-state index in [1.807, 2.05) is 0 Å². The topological polar surface area (TPSA) is 89.9 Å². The van der Waals surface area contributed by atoms with E-state index in [2.05, 4.69) is 27.8 Å². The molecule has 212 valence electrons. The molecular formula is C26H48BrNO6PS-. The third kappa shape index (κ3) is 21.0. The zero-order valence-corrected chi connectivity index (χ0v) is 25.5. The van der Waals surface area contributed by atoms with Gasteiger partial charge in [0.15, 0.2) is 0 Å². The minimum absolute atomic E-state index is 0.0224. The average Bonchev–Trinajstić information content (AvgIpc) is 3.38. The van der Waals surface area contributed by atoms with Gasteiger partial charge in [-0.15, -0.1) is 0 Å². The molecule has 36 heavy (non-hydrogen) atoms. The van der Waals surface area contributed by atoms with Gasteiger partial charge < -0.3 is 23.4 Å². The van der Waals surface area contributed by atoms with Gasteiger partial charge >= 0.3 is 0 Å². The molecule has 2 unspecified atom stereocenters. The van der Waals surface area contributed by atoms with Crippen LogP contribution in [0.25, 0.3) is 0 Å². The fourth-order valence-electron chi connectivity index (χ4n) is 3.85. The van der Waals surface area contributed by atoms with Gasteiger partial charge in [0.05, 0.1) is 19.8 Å². The molecule has 1 aromatic rings. The molecule has 0 radical (unpaired) electrons. The van der Waals surface area contributed by atoms with Gasteiger partial charge in [0, 0.05) is 23.5 Å². The van der Waals surface area contributed by atoms with E-state index in [9.17, 15) is 9.46 Å². The highest BCUT2D eigenvalue weighted by Crippen LogP contribution is 2.38. The molecule has 0 N–H and O–H groups in total. The number of unbranched alkanes of at least 4 members (excludes halogenated alkanes) is 15. The highest BCUT2D eigenvalue weighted by molar-refractivity contribution is 9.09. The molecule has 0 aliphatic carbocycles. The number of hydrogen-bond donors (Lipinski definition) is 0. The van der Waals surface area contributed by atoms with Crippen molar-refractivity contribution in [3.05, 3.63) is 11.6 Å². The zero-order valence-electron chi connectivity index (χ0n) is 22.2. The highest BCUT2D eigenvalue weighted by Gasteiger charge is 2.18. The van der Waals surface area contributed by atoms with Crippen molar-refractivity contribution in [1.82, 2.24) is 4.98 Å². The molecular weight excluding hydrogens is 565 g/mol. The van der Waals surface area contributed by atoms with Crippen molar-refractivity contribution < 1.29 is 28.0 Å². The van der Waals surface area contributed by atoms with E-state index in [0.717, 1.165) is 12.8 Å². The Morgan fingerprint density at radius 2 is 1.42 bits per heavy atom. The van der Waals surface area contributed by atoms with Crippen LogP contribution in [-0.2, 0) is 18.3 Å². The van der Waals surface area contributed by atoms with E-state index in [-0.39, 0.29) is 19.8 Å². The molecule has 0 aliphatic heterocycles. The maximum absolute atomic E-state index is 11.8. The van der Waals surface area contributed by atoms with E-state index < -0.39 is 13.9 Å². The lowest BCUT2D eigenvalue weighted by molar-refractivity contribution is -0.226. The number of rotatable bonds is 27. The van der Waals surface area contributed by atoms with Crippen LogP contribution in [0.5, 0.6) is 5.19 Å². The molecule has 0 saturated carbocycles. The molecule has 0 fully saturated rings. The van der Waals surface area contributed by atoms with Crippen molar-refractivity contribution in [3.63, 3.8) is 0 Å². The molecule has 0 aliphatic rings. The lowest BCUT2D eigenvalue weighted by Crippen LogP contribution is -2.29.